The smallest absolute Gasteiger partial charge is 0.0368 e. The van der Waals surface area contributed by atoms with E-state index in [2.05, 4.69) is 20.8 Å². The molecule has 0 rings (SSSR count). The monoisotopic (exact) mass is 123 g/mol. The topological polar surface area (TPSA) is 0 Å². The Morgan fingerprint density at radius 3 is 1.50 bits per heavy atom. The van der Waals surface area contributed by atoms with Gasteiger partial charge in [-0.15, -0.1) is 0 Å². The van der Waals surface area contributed by atoms with E-state index in [4.69, 9.17) is 11.2 Å². The van der Waals surface area contributed by atoms with Crippen LogP contribution in [0.25, 0.3) is 0 Å². The zero-order valence-corrected chi connectivity index (χ0v) is 5.98. The van der Waals surface area contributed by atoms with Gasteiger partial charge in [-0.2, -0.15) is 0 Å². The lowest BCUT2D eigenvalue weighted by molar-refractivity contribution is 0.802. The first kappa shape index (κ1) is 6.72. The summed E-state index contributed by atoms with van der Waals surface area (Å²) in [6.45, 7) is 6.30. The molecule has 0 aromatic rings. The zero-order chi connectivity index (χ0) is 5.21. The molecule has 0 saturated heterocycles. The molecule has 0 bridgehead atoms. The summed E-state index contributed by atoms with van der Waals surface area (Å²) in [7, 11) is 0.947. The Kier molecular flexibility index (Phi) is 2.39. The quantitative estimate of drug-likeness (QED) is 0.435. The molecular weight excluding hydrogens is 114 g/mol. The average Bonchev–Trinajstić information content (AvgIpc) is 1.35. The minimum absolute atomic E-state index is 0.279. The van der Waals surface area contributed by atoms with Gasteiger partial charge in [0.15, 0.2) is 0 Å². The van der Waals surface area contributed by atoms with Gasteiger partial charge in [0, 0.05) is 13.1 Å². The van der Waals surface area contributed by atoms with Gasteiger partial charge in [-0.1, -0.05) is 32.0 Å². The Hall–Kier alpha value is 0.720. The molecule has 0 aliphatic heterocycles. The van der Waals surface area contributed by atoms with Gasteiger partial charge in [-0.25, -0.2) is 0 Å². The van der Waals surface area contributed by atoms with Crippen molar-refractivity contribution in [1.29, 1.82) is 0 Å². The highest BCUT2D eigenvalue weighted by Crippen LogP contribution is 2.33. The highest BCUT2D eigenvalue weighted by Gasteiger charge is 2.06. The van der Waals surface area contributed by atoms with Gasteiger partial charge in [0.05, 0.1) is 0 Å². The van der Waals surface area contributed by atoms with Crippen molar-refractivity contribution < 1.29 is 0 Å². The van der Waals surface area contributed by atoms with E-state index < -0.39 is 0 Å². The molecule has 0 heterocycles. The maximum atomic E-state index is 5.45. The van der Waals surface area contributed by atoms with E-state index in [0.717, 1.165) is 7.93 Å². The summed E-state index contributed by atoms with van der Waals surface area (Å²) >= 11 is 5.45. The minimum atomic E-state index is 0.279. The van der Waals surface area contributed by atoms with E-state index in [9.17, 15) is 0 Å². The first-order chi connectivity index (χ1) is 2.56. The molecule has 0 amide bonds. The molecule has 37 valence electrons. The fourth-order valence-electron chi connectivity index (χ4n) is 0. The molecule has 0 atom stereocenters. The maximum Gasteiger partial charge on any atom is 0.0368 e. The summed E-state index contributed by atoms with van der Waals surface area (Å²) in [6, 6.07) is 0. The number of rotatable bonds is 0. The summed E-state index contributed by atoms with van der Waals surface area (Å²) in [5.41, 5.74) is 0. The Bertz CT molecular complexity index is 37.3. The number of halogens is 1. The second kappa shape index (κ2) is 2.14. The van der Waals surface area contributed by atoms with Crippen molar-refractivity contribution in [2.24, 2.45) is 0 Å². The van der Waals surface area contributed by atoms with Crippen LogP contribution in [0.15, 0.2) is 0 Å². The third-order valence-corrected chi connectivity index (χ3v) is 2.28. The van der Waals surface area contributed by atoms with Crippen molar-refractivity contribution in [3.63, 3.8) is 0 Å². The zero-order valence-electron chi connectivity index (χ0n) is 4.33. The van der Waals surface area contributed by atoms with E-state index in [-0.39, 0.29) is 5.16 Å². The average molecular weight is 124 g/mol. The van der Waals surface area contributed by atoms with Crippen LogP contribution in [0.1, 0.15) is 20.8 Å². The Labute approximate surface area is 45.8 Å². The van der Waals surface area contributed by atoms with Gasteiger partial charge in [0.2, 0.25) is 0 Å². The molecular formula is C4H9ClP. The van der Waals surface area contributed by atoms with Crippen LogP contribution in [0, 0.1) is 0 Å². The Morgan fingerprint density at radius 1 is 1.33 bits per heavy atom. The lowest BCUT2D eigenvalue weighted by Crippen LogP contribution is -2.00. The van der Waals surface area contributed by atoms with Crippen LogP contribution in [0.2, 0.25) is 0 Å². The van der Waals surface area contributed by atoms with E-state index in [0.29, 0.717) is 0 Å². The van der Waals surface area contributed by atoms with E-state index in [1.807, 2.05) is 0 Å². The molecule has 0 aromatic carbocycles. The van der Waals surface area contributed by atoms with Gasteiger partial charge in [-0.3, -0.25) is 0 Å². The minimum Gasteiger partial charge on any atom is -0.0895 e. The van der Waals surface area contributed by atoms with Gasteiger partial charge < -0.3 is 0 Å². The van der Waals surface area contributed by atoms with E-state index in [1.54, 1.807) is 0 Å². The molecule has 0 N–H and O–H groups in total. The molecule has 0 spiro atoms. The van der Waals surface area contributed by atoms with Gasteiger partial charge in [0.1, 0.15) is 0 Å². The SMILES string of the molecule is CC(C)(C)[P]Cl. The third kappa shape index (κ3) is 4.72. The molecule has 0 aliphatic carbocycles. The second-order valence-electron chi connectivity index (χ2n) is 2.26. The normalized spacial score (nSPS) is 14.0. The standard InChI is InChI=1S/C4H9ClP/c1-4(2,3)6-5/h1-3H3. The first-order valence-electron chi connectivity index (χ1n) is 1.89. The summed E-state index contributed by atoms with van der Waals surface area (Å²) in [5.74, 6) is 0. The molecule has 0 saturated carbocycles. The summed E-state index contributed by atoms with van der Waals surface area (Å²) in [5, 5.41) is 0.279. The molecule has 0 aliphatic rings. The van der Waals surface area contributed by atoms with Crippen molar-refractivity contribution in [3.05, 3.63) is 0 Å². The van der Waals surface area contributed by atoms with Crippen LogP contribution in [-0.4, -0.2) is 5.16 Å². The highest BCUT2D eigenvalue weighted by molar-refractivity contribution is 7.69. The summed E-state index contributed by atoms with van der Waals surface area (Å²) in [6.07, 6.45) is 0. The van der Waals surface area contributed by atoms with Crippen LogP contribution in [0.3, 0.4) is 0 Å². The van der Waals surface area contributed by atoms with Crippen molar-refractivity contribution in [3.8, 4) is 0 Å². The molecule has 1 radical (unpaired) electrons. The van der Waals surface area contributed by atoms with Crippen LogP contribution in [-0.2, 0) is 0 Å². The summed E-state index contributed by atoms with van der Waals surface area (Å²) < 4.78 is 0. The number of hydrogen-bond donors (Lipinski definition) is 0. The molecule has 2 heteroatoms. The molecule has 0 aromatic heterocycles. The van der Waals surface area contributed by atoms with Gasteiger partial charge in [-0.05, 0) is 0 Å². The van der Waals surface area contributed by atoms with Crippen LogP contribution in [0.4, 0.5) is 0 Å². The van der Waals surface area contributed by atoms with Crippen LogP contribution in [0.5, 0.6) is 0 Å². The maximum absolute atomic E-state index is 5.45. The molecule has 0 nitrogen and oxygen atoms in total. The number of hydrogen-bond acceptors (Lipinski definition) is 0. The van der Waals surface area contributed by atoms with Crippen molar-refractivity contribution >= 4 is 19.2 Å². The van der Waals surface area contributed by atoms with Crippen molar-refractivity contribution in [1.82, 2.24) is 0 Å². The fourth-order valence-corrected chi connectivity index (χ4v) is 0. The van der Waals surface area contributed by atoms with Crippen LogP contribution >= 0.6 is 19.2 Å². The lowest BCUT2D eigenvalue weighted by Gasteiger charge is -2.09. The van der Waals surface area contributed by atoms with Gasteiger partial charge >= 0.3 is 0 Å². The van der Waals surface area contributed by atoms with Crippen molar-refractivity contribution in [2.75, 3.05) is 0 Å². The highest BCUT2D eigenvalue weighted by atomic mass is 35.7. The lowest BCUT2D eigenvalue weighted by atomic mass is 10.3. The first-order valence-corrected chi connectivity index (χ1v) is 3.69. The summed E-state index contributed by atoms with van der Waals surface area (Å²) in [4.78, 5) is 0. The molecule has 0 fully saturated rings. The molecule has 6 heavy (non-hydrogen) atoms. The largest absolute Gasteiger partial charge is 0.0895 e. The van der Waals surface area contributed by atoms with Crippen LogP contribution < -0.4 is 0 Å². The second-order valence-corrected chi connectivity index (χ2v) is 4.27. The third-order valence-electron chi connectivity index (χ3n) is 0.254. The Balaban J connectivity index is 3.17. The predicted octanol–water partition coefficient (Wildman–Crippen LogP) is 2.88. The predicted molar refractivity (Wildman–Crippen MR) is 32.5 cm³/mol. The molecule has 0 unspecified atom stereocenters. The van der Waals surface area contributed by atoms with Gasteiger partial charge in [0.25, 0.3) is 0 Å². The Morgan fingerprint density at radius 2 is 1.50 bits per heavy atom. The van der Waals surface area contributed by atoms with Crippen molar-refractivity contribution in [2.45, 2.75) is 25.9 Å². The fraction of sp³-hybridized carbons (Fsp3) is 1.00. The van der Waals surface area contributed by atoms with E-state index in [1.165, 1.54) is 0 Å². The van der Waals surface area contributed by atoms with E-state index >= 15 is 0 Å².